The zero-order chi connectivity index (χ0) is 17.0. The van der Waals surface area contributed by atoms with Crippen LogP contribution >= 0.6 is 0 Å². The Hall–Kier alpha value is -2.29. The minimum Gasteiger partial charge on any atom is -0.497 e. The number of carbonyl (C=O) groups excluding carboxylic acids is 1. The van der Waals surface area contributed by atoms with Crippen LogP contribution in [-0.2, 0) is 5.41 Å². The molecular weight excluding hydrogens is 298 g/mol. The van der Waals surface area contributed by atoms with Gasteiger partial charge in [-0.1, -0.05) is 42.7 Å². The van der Waals surface area contributed by atoms with Crippen molar-refractivity contribution in [3.63, 3.8) is 0 Å². The van der Waals surface area contributed by atoms with E-state index in [1.807, 2.05) is 43.3 Å². The van der Waals surface area contributed by atoms with Crippen molar-refractivity contribution >= 4 is 5.91 Å². The second-order valence-corrected chi connectivity index (χ2v) is 6.76. The Balaban J connectivity index is 1.73. The third-order valence-electron chi connectivity index (χ3n) is 5.16. The van der Waals surface area contributed by atoms with Crippen LogP contribution in [0.25, 0.3) is 0 Å². The third kappa shape index (κ3) is 3.45. The summed E-state index contributed by atoms with van der Waals surface area (Å²) in [5.41, 5.74) is 3.23. The molecule has 3 heteroatoms. The van der Waals surface area contributed by atoms with Crippen LogP contribution in [0.2, 0.25) is 0 Å². The van der Waals surface area contributed by atoms with E-state index in [0.717, 1.165) is 29.7 Å². The van der Waals surface area contributed by atoms with Gasteiger partial charge in [0.25, 0.3) is 5.91 Å². The predicted octanol–water partition coefficient (Wildman–Crippen LogP) is 4.25. The molecule has 1 aliphatic carbocycles. The minimum absolute atomic E-state index is 0.00906. The molecule has 3 rings (SSSR count). The maximum atomic E-state index is 12.5. The number of hydrogen-bond donors (Lipinski definition) is 1. The summed E-state index contributed by atoms with van der Waals surface area (Å²) in [6.07, 6.45) is 4.67. The van der Waals surface area contributed by atoms with Gasteiger partial charge in [0.15, 0.2) is 0 Å². The fraction of sp³-hybridized carbons (Fsp3) is 0.381. The van der Waals surface area contributed by atoms with Crippen molar-refractivity contribution in [1.29, 1.82) is 0 Å². The molecule has 1 saturated carbocycles. The van der Waals surface area contributed by atoms with E-state index >= 15 is 0 Å². The molecule has 3 nitrogen and oxygen atoms in total. The van der Waals surface area contributed by atoms with Crippen LogP contribution < -0.4 is 10.1 Å². The standard InChI is InChI=1S/C21H25NO2/c1-16-5-7-17(8-6-16)20(23)22-15-21(13-3-4-14-21)18-9-11-19(24-2)12-10-18/h5-12H,3-4,13-15H2,1-2H3,(H,22,23). The van der Waals surface area contributed by atoms with E-state index in [1.165, 1.54) is 18.4 Å². The van der Waals surface area contributed by atoms with Gasteiger partial charge in [0.05, 0.1) is 7.11 Å². The first kappa shape index (κ1) is 16.6. The smallest absolute Gasteiger partial charge is 0.251 e. The maximum Gasteiger partial charge on any atom is 0.251 e. The maximum absolute atomic E-state index is 12.5. The van der Waals surface area contributed by atoms with E-state index < -0.39 is 0 Å². The molecule has 0 unspecified atom stereocenters. The number of amides is 1. The van der Waals surface area contributed by atoms with Crippen LogP contribution in [0.4, 0.5) is 0 Å². The molecule has 0 bridgehead atoms. The molecule has 0 saturated heterocycles. The summed E-state index contributed by atoms with van der Waals surface area (Å²) in [5, 5.41) is 3.16. The molecule has 0 atom stereocenters. The normalized spacial score (nSPS) is 15.9. The van der Waals surface area contributed by atoms with Crippen LogP contribution in [-0.4, -0.2) is 19.6 Å². The second-order valence-electron chi connectivity index (χ2n) is 6.76. The van der Waals surface area contributed by atoms with Gasteiger partial charge in [-0.25, -0.2) is 0 Å². The topological polar surface area (TPSA) is 38.3 Å². The second kappa shape index (κ2) is 7.08. The molecule has 0 aromatic heterocycles. The average Bonchev–Trinajstić information content (AvgIpc) is 3.10. The first-order valence-electron chi connectivity index (χ1n) is 8.62. The van der Waals surface area contributed by atoms with E-state index in [4.69, 9.17) is 4.74 Å². The summed E-state index contributed by atoms with van der Waals surface area (Å²) in [4.78, 5) is 12.5. The number of methoxy groups -OCH3 is 1. The average molecular weight is 323 g/mol. The molecular formula is C21H25NO2. The molecule has 24 heavy (non-hydrogen) atoms. The van der Waals surface area contributed by atoms with E-state index in [1.54, 1.807) is 7.11 Å². The fourth-order valence-electron chi connectivity index (χ4n) is 3.62. The monoisotopic (exact) mass is 323 g/mol. The molecule has 1 N–H and O–H groups in total. The van der Waals surface area contributed by atoms with Gasteiger partial charge in [-0.05, 0) is 49.6 Å². The summed E-state index contributed by atoms with van der Waals surface area (Å²) in [7, 11) is 1.68. The lowest BCUT2D eigenvalue weighted by Gasteiger charge is -2.30. The largest absolute Gasteiger partial charge is 0.497 e. The molecule has 1 aliphatic rings. The Labute approximate surface area is 144 Å². The van der Waals surface area contributed by atoms with Gasteiger partial charge >= 0.3 is 0 Å². The zero-order valence-corrected chi connectivity index (χ0v) is 14.5. The highest BCUT2D eigenvalue weighted by molar-refractivity contribution is 5.94. The van der Waals surface area contributed by atoms with Gasteiger partial charge in [-0.3, -0.25) is 4.79 Å². The summed E-state index contributed by atoms with van der Waals surface area (Å²) in [6.45, 7) is 2.71. The van der Waals surface area contributed by atoms with Crippen LogP contribution in [0.5, 0.6) is 5.75 Å². The quantitative estimate of drug-likeness (QED) is 0.893. The number of rotatable bonds is 5. The molecule has 0 spiro atoms. The van der Waals surface area contributed by atoms with Crippen molar-refractivity contribution in [2.45, 2.75) is 38.0 Å². The molecule has 126 valence electrons. The van der Waals surface area contributed by atoms with Gasteiger partial charge in [0.1, 0.15) is 5.75 Å². The number of ether oxygens (including phenoxy) is 1. The first-order chi connectivity index (χ1) is 11.6. The number of nitrogens with one attached hydrogen (secondary N) is 1. The van der Waals surface area contributed by atoms with Crippen molar-refractivity contribution in [2.75, 3.05) is 13.7 Å². The Morgan fingerprint density at radius 1 is 1.04 bits per heavy atom. The third-order valence-corrected chi connectivity index (χ3v) is 5.16. The lowest BCUT2D eigenvalue weighted by molar-refractivity contribution is 0.0943. The number of hydrogen-bond acceptors (Lipinski definition) is 2. The summed E-state index contributed by atoms with van der Waals surface area (Å²) in [6, 6.07) is 16.0. The molecule has 0 radical (unpaired) electrons. The van der Waals surface area contributed by atoms with E-state index in [0.29, 0.717) is 6.54 Å². The van der Waals surface area contributed by atoms with Crippen molar-refractivity contribution in [3.05, 3.63) is 65.2 Å². The van der Waals surface area contributed by atoms with E-state index in [2.05, 4.69) is 17.4 Å². The molecule has 2 aromatic carbocycles. The van der Waals surface area contributed by atoms with Gasteiger partial charge in [0.2, 0.25) is 0 Å². The van der Waals surface area contributed by atoms with Crippen LogP contribution in [0.1, 0.15) is 47.2 Å². The SMILES string of the molecule is COc1ccc(C2(CNC(=O)c3ccc(C)cc3)CCCC2)cc1. The van der Waals surface area contributed by atoms with E-state index in [9.17, 15) is 4.79 Å². The number of benzene rings is 2. The highest BCUT2D eigenvalue weighted by atomic mass is 16.5. The molecule has 0 heterocycles. The van der Waals surface area contributed by atoms with Crippen molar-refractivity contribution in [3.8, 4) is 5.75 Å². The first-order valence-corrected chi connectivity index (χ1v) is 8.62. The molecule has 0 aliphatic heterocycles. The van der Waals surface area contributed by atoms with E-state index in [-0.39, 0.29) is 11.3 Å². The van der Waals surface area contributed by atoms with Gasteiger partial charge in [0, 0.05) is 17.5 Å². The Morgan fingerprint density at radius 3 is 2.25 bits per heavy atom. The summed E-state index contributed by atoms with van der Waals surface area (Å²) in [5.74, 6) is 0.880. The van der Waals surface area contributed by atoms with Crippen molar-refractivity contribution < 1.29 is 9.53 Å². The van der Waals surface area contributed by atoms with Crippen LogP contribution in [0.3, 0.4) is 0 Å². The Bertz CT molecular complexity index is 683. The number of carbonyl (C=O) groups is 1. The van der Waals surface area contributed by atoms with Crippen LogP contribution in [0.15, 0.2) is 48.5 Å². The highest BCUT2D eigenvalue weighted by Crippen LogP contribution is 2.41. The van der Waals surface area contributed by atoms with Gasteiger partial charge < -0.3 is 10.1 Å². The lowest BCUT2D eigenvalue weighted by Crippen LogP contribution is -2.39. The fourth-order valence-corrected chi connectivity index (χ4v) is 3.62. The minimum atomic E-state index is 0.00906. The molecule has 2 aromatic rings. The van der Waals surface area contributed by atoms with Crippen molar-refractivity contribution in [2.24, 2.45) is 0 Å². The lowest BCUT2D eigenvalue weighted by atomic mass is 9.78. The zero-order valence-electron chi connectivity index (χ0n) is 14.5. The Morgan fingerprint density at radius 2 is 1.67 bits per heavy atom. The number of aryl methyl sites for hydroxylation is 1. The van der Waals surface area contributed by atoms with Crippen molar-refractivity contribution in [1.82, 2.24) is 5.32 Å². The Kier molecular flexibility index (Phi) is 4.89. The summed E-state index contributed by atoms with van der Waals surface area (Å²) < 4.78 is 5.26. The highest BCUT2D eigenvalue weighted by Gasteiger charge is 2.35. The van der Waals surface area contributed by atoms with Gasteiger partial charge in [-0.2, -0.15) is 0 Å². The van der Waals surface area contributed by atoms with Crippen LogP contribution in [0, 0.1) is 6.92 Å². The predicted molar refractivity (Wildman–Crippen MR) is 96.7 cm³/mol. The van der Waals surface area contributed by atoms with Gasteiger partial charge in [-0.15, -0.1) is 0 Å². The molecule has 1 amide bonds. The molecule has 1 fully saturated rings. The summed E-state index contributed by atoms with van der Waals surface area (Å²) >= 11 is 0.